The van der Waals surface area contributed by atoms with Crippen LogP contribution in [0.4, 0.5) is 9.59 Å². The van der Waals surface area contributed by atoms with E-state index in [1.165, 1.54) is 11.0 Å². The van der Waals surface area contributed by atoms with Crippen LogP contribution in [0.1, 0.15) is 36.9 Å². The first-order chi connectivity index (χ1) is 16.5. The fourth-order valence-corrected chi connectivity index (χ4v) is 4.58. The van der Waals surface area contributed by atoms with E-state index >= 15 is 0 Å². The van der Waals surface area contributed by atoms with Gasteiger partial charge in [0.05, 0.1) is 12.1 Å². The minimum Gasteiger partial charge on any atom is -0.445 e. The van der Waals surface area contributed by atoms with Crippen LogP contribution in [-0.4, -0.2) is 58.9 Å². The first kappa shape index (κ1) is 23.5. The minimum atomic E-state index is -0.322. The van der Waals surface area contributed by atoms with Crippen LogP contribution in [-0.2, 0) is 16.1 Å². The highest BCUT2D eigenvalue weighted by molar-refractivity contribution is 6.02. The van der Waals surface area contributed by atoms with Crippen molar-refractivity contribution >= 4 is 18.0 Å². The van der Waals surface area contributed by atoms with Gasteiger partial charge in [-0.2, -0.15) is 0 Å². The summed E-state index contributed by atoms with van der Waals surface area (Å²) in [6, 6.07) is 18.5. The van der Waals surface area contributed by atoms with E-state index in [2.05, 4.69) is 0 Å². The second-order valence-electron chi connectivity index (χ2n) is 8.92. The molecule has 2 heterocycles. The molecule has 4 rings (SSSR count). The fourth-order valence-electron chi connectivity index (χ4n) is 4.58. The van der Waals surface area contributed by atoms with Gasteiger partial charge in [0.15, 0.2) is 0 Å². The summed E-state index contributed by atoms with van der Waals surface area (Å²) in [7, 11) is 1.73. The van der Waals surface area contributed by atoms with Crippen molar-refractivity contribution in [3.8, 4) is 0 Å². The van der Waals surface area contributed by atoms with Crippen LogP contribution in [0.25, 0.3) is 0 Å². The zero-order valence-electron chi connectivity index (χ0n) is 19.7. The maximum atomic E-state index is 13.1. The van der Waals surface area contributed by atoms with Crippen molar-refractivity contribution in [2.45, 2.75) is 38.5 Å². The normalized spacial score (nSPS) is 21.4. The minimum absolute atomic E-state index is 0.114. The Morgan fingerprint density at radius 1 is 1.00 bits per heavy atom. The standard InChI is InChI=1S/C27H31N3O4/c1-20-25(23-11-7-4-8-12-23)30(26(32)28(20)2)24(31)14-13-21-15-17-29(18-16-21)27(33)34-19-22-9-5-3-6-10-22/h3-14,20-21,25H,15-19H2,1-2H3/b14-13+/t20-,25-/m0/s1. The van der Waals surface area contributed by atoms with Crippen molar-refractivity contribution < 1.29 is 19.1 Å². The smallest absolute Gasteiger partial charge is 0.410 e. The predicted octanol–water partition coefficient (Wildman–Crippen LogP) is 4.62. The molecule has 0 radical (unpaired) electrons. The number of likely N-dealkylation sites (tertiary alicyclic amines) is 1. The van der Waals surface area contributed by atoms with Gasteiger partial charge in [0.2, 0.25) is 0 Å². The topological polar surface area (TPSA) is 70.2 Å². The van der Waals surface area contributed by atoms with Crippen LogP contribution in [0.2, 0.25) is 0 Å². The zero-order chi connectivity index (χ0) is 24.1. The Morgan fingerprint density at radius 3 is 2.26 bits per heavy atom. The van der Waals surface area contributed by atoms with Crippen LogP contribution < -0.4 is 0 Å². The lowest BCUT2D eigenvalue weighted by Crippen LogP contribution is -2.38. The van der Waals surface area contributed by atoms with Crippen LogP contribution in [0.15, 0.2) is 72.8 Å². The SMILES string of the molecule is C[C@H]1[C@@H](c2ccccc2)N(C(=O)/C=C/C2CCN(C(=O)OCc3ccccc3)CC2)C(=O)N1C. The Bertz CT molecular complexity index is 1030. The van der Waals surface area contributed by atoms with Crippen molar-refractivity contribution in [1.29, 1.82) is 0 Å². The van der Waals surface area contributed by atoms with Gasteiger partial charge in [0.1, 0.15) is 6.61 Å². The molecule has 178 valence electrons. The van der Waals surface area contributed by atoms with Gasteiger partial charge in [-0.05, 0) is 42.9 Å². The first-order valence-electron chi connectivity index (χ1n) is 11.7. The lowest BCUT2D eigenvalue weighted by molar-refractivity contribution is -0.124. The Kier molecular flexibility index (Phi) is 7.30. The average molecular weight is 462 g/mol. The lowest BCUT2D eigenvalue weighted by Gasteiger charge is -2.30. The number of allylic oxidation sites excluding steroid dienone is 1. The van der Waals surface area contributed by atoms with Gasteiger partial charge in [-0.15, -0.1) is 0 Å². The highest BCUT2D eigenvalue weighted by Crippen LogP contribution is 2.34. The molecule has 0 N–H and O–H groups in total. The van der Waals surface area contributed by atoms with Crippen molar-refractivity contribution in [2.75, 3.05) is 20.1 Å². The van der Waals surface area contributed by atoms with Crippen LogP contribution >= 0.6 is 0 Å². The third kappa shape index (κ3) is 5.14. The Balaban J connectivity index is 1.32. The summed E-state index contributed by atoms with van der Waals surface area (Å²) < 4.78 is 5.42. The highest BCUT2D eigenvalue weighted by Gasteiger charge is 2.44. The lowest BCUT2D eigenvalue weighted by atomic mass is 9.96. The van der Waals surface area contributed by atoms with Crippen molar-refractivity contribution in [3.05, 3.63) is 83.9 Å². The molecule has 34 heavy (non-hydrogen) atoms. The number of amides is 4. The van der Waals surface area contributed by atoms with E-state index in [1.54, 1.807) is 16.8 Å². The van der Waals surface area contributed by atoms with Gasteiger partial charge in [0.25, 0.3) is 5.91 Å². The summed E-state index contributed by atoms with van der Waals surface area (Å²) in [5.41, 5.74) is 1.90. The molecule has 0 aromatic heterocycles. The summed E-state index contributed by atoms with van der Waals surface area (Å²) in [6.45, 7) is 3.37. The first-order valence-corrected chi connectivity index (χ1v) is 11.7. The van der Waals surface area contributed by atoms with E-state index in [4.69, 9.17) is 4.74 Å². The molecule has 0 saturated carbocycles. The number of piperidine rings is 1. The van der Waals surface area contributed by atoms with Crippen LogP contribution in [0, 0.1) is 5.92 Å². The molecule has 0 spiro atoms. The number of hydrogen-bond acceptors (Lipinski definition) is 4. The van der Waals surface area contributed by atoms with Gasteiger partial charge in [-0.25, -0.2) is 9.59 Å². The number of imide groups is 1. The summed E-state index contributed by atoms with van der Waals surface area (Å²) in [4.78, 5) is 42.9. The molecular formula is C27H31N3O4. The molecule has 0 unspecified atom stereocenters. The van der Waals surface area contributed by atoms with Gasteiger partial charge in [-0.3, -0.25) is 9.69 Å². The monoisotopic (exact) mass is 461 g/mol. The van der Waals surface area contributed by atoms with E-state index in [0.717, 1.165) is 24.0 Å². The molecule has 2 saturated heterocycles. The average Bonchev–Trinajstić information content (AvgIpc) is 3.11. The predicted molar refractivity (Wildman–Crippen MR) is 129 cm³/mol. The third-order valence-corrected chi connectivity index (χ3v) is 6.75. The number of urea groups is 1. The molecule has 2 fully saturated rings. The van der Waals surface area contributed by atoms with Crippen molar-refractivity contribution in [3.63, 3.8) is 0 Å². The Labute approximate surface area is 200 Å². The summed E-state index contributed by atoms with van der Waals surface area (Å²) >= 11 is 0. The maximum absolute atomic E-state index is 13.1. The fraction of sp³-hybridized carbons (Fsp3) is 0.370. The molecule has 7 heteroatoms. The van der Waals surface area contributed by atoms with E-state index in [1.807, 2.05) is 73.7 Å². The Morgan fingerprint density at radius 2 is 1.62 bits per heavy atom. The number of benzene rings is 2. The molecule has 2 aliphatic rings. The van der Waals surface area contributed by atoms with Gasteiger partial charge in [-0.1, -0.05) is 66.7 Å². The van der Waals surface area contributed by atoms with Crippen LogP contribution in [0.5, 0.6) is 0 Å². The van der Waals surface area contributed by atoms with Crippen LogP contribution in [0.3, 0.4) is 0 Å². The Hall–Kier alpha value is -3.61. The quantitative estimate of drug-likeness (QED) is 0.610. The van der Waals surface area contributed by atoms with E-state index in [9.17, 15) is 14.4 Å². The summed E-state index contributed by atoms with van der Waals surface area (Å²) in [5.74, 6) is -0.134. The van der Waals surface area contributed by atoms with E-state index in [0.29, 0.717) is 13.1 Å². The molecular weight excluding hydrogens is 430 g/mol. The number of rotatable bonds is 5. The number of hydrogen-bond donors (Lipinski definition) is 0. The second-order valence-corrected chi connectivity index (χ2v) is 8.92. The molecule has 2 atom stereocenters. The van der Waals surface area contributed by atoms with Gasteiger partial charge < -0.3 is 14.5 Å². The van der Waals surface area contributed by atoms with Gasteiger partial charge >= 0.3 is 12.1 Å². The number of nitrogens with zero attached hydrogens (tertiary/aromatic N) is 3. The van der Waals surface area contributed by atoms with Crippen molar-refractivity contribution in [1.82, 2.24) is 14.7 Å². The number of carbonyl (C=O) groups is 3. The number of carbonyl (C=O) groups excluding carboxylic acids is 3. The molecule has 0 aliphatic carbocycles. The molecule has 2 aromatic rings. The molecule has 2 aliphatic heterocycles. The van der Waals surface area contributed by atoms with E-state index < -0.39 is 0 Å². The zero-order valence-corrected chi connectivity index (χ0v) is 19.7. The van der Waals surface area contributed by atoms with E-state index in [-0.39, 0.29) is 42.6 Å². The highest BCUT2D eigenvalue weighted by atomic mass is 16.6. The number of ether oxygens (including phenoxy) is 1. The van der Waals surface area contributed by atoms with Gasteiger partial charge in [0, 0.05) is 20.1 Å². The maximum Gasteiger partial charge on any atom is 0.410 e. The molecule has 0 bridgehead atoms. The third-order valence-electron chi connectivity index (χ3n) is 6.75. The molecule has 7 nitrogen and oxygen atoms in total. The summed E-state index contributed by atoms with van der Waals surface area (Å²) in [5, 5.41) is 0. The molecule has 2 aromatic carbocycles. The number of likely N-dealkylation sites (N-methyl/N-ethyl adjacent to an activating group) is 1. The molecule has 4 amide bonds. The largest absolute Gasteiger partial charge is 0.445 e. The van der Waals surface area contributed by atoms with Crippen molar-refractivity contribution in [2.24, 2.45) is 5.92 Å². The second kappa shape index (κ2) is 10.5. The summed E-state index contributed by atoms with van der Waals surface area (Å²) in [6.07, 6.45) is 4.58.